The van der Waals surface area contributed by atoms with E-state index in [9.17, 15) is 0 Å². The Kier molecular flexibility index (Phi) is 5.87. The van der Waals surface area contributed by atoms with Crippen LogP contribution in [0.25, 0.3) is 0 Å². The van der Waals surface area contributed by atoms with E-state index in [1.165, 1.54) is 43.4 Å². The second-order valence-corrected chi connectivity index (χ2v) is 7.47. The zero-order valence-corrected chi connectivity index (χ0v) is 14.6. The molecule has 0 aromatic heterocycles. The van der Waals surface area contributed by atoms with Gasteiger partial charge in [0.15, 0.2) is 0 Å². The minimum Gasteiger partial charge on any atom is -0.319 e. The SMILES string of the molecule is CNCC1CCC(C(C)C)CC1Cc1c(C)cccc1C. The smallest absolute Gasteiger partial charge is 0.00208 e. The van der Waals surface area contributed by atoms with E-state index in [-0.39, 0.29) is 0 Å². The number of rotatable bonds is 5. The Balaban J connectivity index is 2.16. The van der Waals surface area contributed by atoms with Crippen LogP contribution in [0.15, 0.2) is 18.2 Å². The fraction of sp³-hybridized carbons (Fsp3) is 0.700. The molecule has 1 saturated carbocycles. The van der Waals surface area contributed by atoms with Crippen molar-refractivity contribution in [1.82, 2.24) is 5.32 Å². The average Bonchev–Trinajstić information content (AvgIpc) is 2.44. The quantitative estimate of drug-likeness (QED) is 0.823. The summed E-state index contributed by atoms with van der Waals surface area (Å²) in [4.78, 5) is 0. The van der Waals surface area contributed by atoms with Crippen LogP contribution in [0, 0.1) is 37.5 Å². The molecule has 1 N–H and O–H groups in total. The fourth-order valence-corrected chi connectivity index (χ4v) is 4.18. The molecule has 1 aliphatic carbocycles. The van der Waals surface area contributed by atoms with Gasteiger partial charge < -0.3 is 5.32 Å². The lowest BCUT2D eigenvalue weighted by Gasteiger charge is -2.38. The summed E-state index contributed by atoms with van der Waals surface area (Å²) < 4.78 is 0. The van der Waals surface area contributed by atoms with Crippen molar-refractivity contribution in [3.05, 3.63) is 34.9 Å². The van der Waals surface area contributed by atoms with Crippen molar-refractivity contribution < 1.29 is 0 Å². The highest BCUT2D eigenvalue weighted by atomic mass is 14.8. The third kappa shape index (κ3) is 4.10. The van der Waals surface area contributed by atoms with Gasteiger partial charge in [-0.15, -0.1) is 0 Å². The van der Waals surface area contributed by atoms with Gasteiger partial charge in [-0.2, -0.15) is 0 Å². The van der Waals surface area contributed by atoms with Gasteiger partial charge in [-0.3, -0.25) is 0 Å². The first-order chi connectivity index (χ1) is 10.0. The van der Waals surface area contributed by atoms with Crippen molar-refractivity contribution in [2.45, 2.75) is 53.4 Å². The normalized spacial score (nSPS) is 26.3. The van der Waals surface area contributed by atoms with Crippen LogP contribution in [-0.4, -0.2) is 13.6 Å². The van der Waals surface area contributed by atoms with Crippen molar-refractivity contribution in [2.75, 3.05) is 13.6 Å². The molecule has 0 amide bonds. The molecule has 0 bridgehead atoms. The van der Waals surface area contributed by atoms with Gasteiger partial charge in [-0.25, -0.2) is 0 Å². The Morgan fingerprint density at radius 1 is 1.10 bits per heavy atom. The van der Waals surface area contributed by atoms with E-state index in [1.807, 2.05) is 0 Å². The van der Waals surface area contributed by atoms with Crippen LogP contribution in [0.4, 0.5) is 0 Å². The van der Waals surface area contributed by atoms with Gasteiger partial charge in [0.05, 0.1) is 0 Å². The van der Waals surface area contributed by atoms with Crippen LogP contribution < -0.4 is 5.32 Å². The maximum atomic E-state index is 3.43. The summed E-state index contributed by atoms with van der Waals surface area (Å²) in [5.74, 6) is 3.45. The van der Waals surface area contributed by atoms with Crippen molar-refractivity contribution in [1.29, 1.82) is 0 Å². The molecule has 3 atom stereocenters. The first-order valence-corrected chi connectivity index (χ1v) is 8.72. The molecule has 1 nitrogen and oxygen atoms in total. The number of nitrogens with one attached hydrogen (secondary N) is 1. The second kappa shape index (κ2) is 7.45. The van der Waals surface area contributed by atoms with Crippen LogP contribution in [0.5, 0.6) is 0 Å². The molecule has 1 aromatic rings. The van der Waals surface area contributed by atoms with Crippen LogP contribution in [0.2, 0.25) is 0 Å². The zero-order valence-electron chi connectivity index (χ0n) is 14.6. The zero-order chi connectivity index (χ0) is 15.4. The third-order valence-corrected chi connectivity index (χ3v) is 5.70. The fourth-order valence-electron chi connectivity index (χ4n) is 4.18. The molecular formula is C20H33N. The van der Waals surface area contributed by atoms with Gasteiger partial charge in [0, 0.05) is 0 Å². The van der Waals surface area contributed by atoms with E-state index >= 15 is 0 Å². The Hall–Kier alpha value is -0.820. The van der Waals surface area contributed by atoms with Crippen molar-refractivity contribution >= 4 is 0 Å². The van der Waals surface area contributed by atoms with Gasteiger partial charge >= 0.3 is 0 Å². The minimum atomic E-state index is 0.834. The minimum absolute atomic E-state index is 0.834. The Labute approximate surface area is 131 Å². The largest absolute Gasteiger partial charge is 0.319 e. The summed E-state index contributed by atoms with van der Waals surface area (Å²) in [6.07, 6.45) is 5.51. The van der Waals surface area contributed by atoms with Crippen LogP contribution in [0.3, 0.4) is 0 Å². The van der Waals surface area contributed by atoms with E-state index in [0.29, 0.717) is 0 Å². The highest BCUT2D eigenvalue weighted by Gasteiger charge is 2.31. The summed E-state index contributed by atoms with van der Waals surface area (Å²) in [5.41, 5.74) is 4.56. The van der Waals surface area contributed by atoms with E-state index in [0.717, 1.165) is 23.7 Å². The monoisotopic (exact) mass is 287 g/mol. The molecule has 1 heteroatoms. The van der Waals surface area contributed by atoms with E-state index in [1.54, 1.807) is 5.56 Å². The molecule has 0 aliphatic heterocycles. The molecule has 1 fully saturated rings. The molecule has 0 spiro atoms. The van der Waals surface area contributed by atoms with Gasteiger partial charge in [0.25, 0.3) is 0 Å². The Morgan fingerprint density at radius 3 is 2.33 bits per heavy atom. The predicted octanol–water partition coefficient (Wildman–Crippen LogP) is 4.75. The molecule has 2 rings (SSSR count). The predicted molar refractivity (Wildman–Crippen MR) is 92.7 cm³/mol. The molecule has 0 radical (unpaired) electrons. The first kappa shape index (κ1) is 16.5. The van der Waals surface area contributed by atoms with Gasteiger partial charge in [-0.1, -0.05) is 32.0 Å². The lowest BCUT2D eigenvalue weighted by molar-refractivity contribution is 0.146. The standard InChI is InChI=1S/C20H33N/c1-14(2)17-9-10-18(13-21-5)19(11-17)12-20-15(3)7-6-8-16(20)4/h6-8,14,17-19,21H,9-13H2,1-5H3. The summed E-state index contributed by atoms with van der Waals surface area (Å²) in [6, 6.07) is 6.74. The summed E-state index contributed by atoms with van der Waals surface area (Å²) in [5, 5.41) is 3.43. The number of hydrogen-bond donors (Lipinski definition) is 1. The van der Waals surface area contributed by atoms with Crippen molar-refractivity contribution in [3.8, 4) is 0 Å². The van der Waals surface area contributed by atoms with Crippen LogP contribution in [0.1, 0.15) is 49.8 Å². The molecule has 0 heterocycles. The van der Waals surface area contributed by atoms with E-state index in [2.05, 4.69) is 58.3 Å². The van der Waals surface area contributed by atoms with E-state index < -0.39 is 0 Å². The topological polar surface area (TPSA) is 12.0 Å². The summed E-state index contributed by atoms with van der Waals surface area (Å²) in [6.45, 7) is 10.5. The Bertz CT molecular complexity index is 429. The molecule has 3 unspecified atom stereocenters. The number of aryl methyl sites for hydroxylation is 2. The van der Waals surface area contributed by atoms with Gasteiger partial charge in [0.1, 0.15) is 0 Å². The molecule has 118 valence electrons. The van der Waals surface area contributed by atoms with Gasteiger partial charge in [-0.05, 0) is 93.5 Å². The highest BCUT2D eigenvalue weighted by Crippen LogP contribution is 2.39. The molecule has 0 saturated heterocycles. The number of benzene rings is 1. The van der Waals surface area contributed by atoms with Crippen molar-refractivity contribution in [3.63, 3.8) is 0 Å². The summed E-state index contributed by atoms with van der Waals surface area (Å²) in [7, 11) is 2.10. The molecule has 21 heavy (non-hydrogen) atoms. The Morgan fingerprint density at radius 2 is 1.76 bits per heavy atom. The summed E-state index contributed by atoms with van der Waals surface area (Å²) >= 11 is 0. The third-order valence-electron chi connectivity index (χ3n) is 5.70. The van der Waals surface area contributed by atoms with Gasteiger partial charge in [0.2, 0.25) is 0 Å². The lowest BCUT2D eigenvalue weighted by Crippen LogP contribution is -2.34. The average molecular weight is 287 g/mol. The lowest BCUT2D eigenvalue weighted by atomic mass is 9.68. The molecular weight excluding hydrogens is 254 g/mol. The second-order valence-electron chi connectivity index (χ2n) is 7.47. The highest BCUT2D eigenvalue weighted by molar-refractivity contribution is 5.34. The number of hydrogen-bond acceptors (Lipinski definition) is 1. The van der Waals surface area contributed by atoms with E-state index in [4.69, 9.17) is 0 Å². The maximum absolute atomic E-state index is 3.43. The maximum Gasteiger partial charge on any atom is -0.00208 e. The van der Waals surface area contributed by atoms with Crippen LogP contribution >= 0.6 is 0 Å². The first-order valence-electron chi connectivity index (χ1n) is 8.72. The molecule has 1 aromatic carbocycles. The molecule has 1 aliphatic rings. The van der Waals surface area contributed by atoms with Crippen molar-refractivity contribution in [2.24, 2.45) is 23.7 Å². The van der Waals surface area contributed by atoms with Crippen LogP contribution in [-0.2, 0) is 6.42 Å².